The van der Waals surface area contributed by atoms with Crippen molar-refractivity contribution in [3.05, 3.63) is 24.3 Å². The Morgan fingerprint density at radius 1 is 1.36 bits per heavy atom. The van der Waals surface area contributed by atoms with E-state index in [1.807, 2.05) is 0 Å². The predicted molar refractivity (Wildman–Crippen MR) is 76.5 cm³/mol. The van der Waals surface area contributed by atoms with Gasteiger partial charge < -0.3 is 15.8 Å². The lowest BCUT2D eigenvalue weighted by molar-refractivity contribution is -0.153. The molecule has 2 atom stereocenters. The van der Waals surface area contributed by atoms with Crippen molar-refractivity contribution in [2.75, 3.05) is 18.5 Å². The molecule has 1 amide bonds. The zero-order valence-corrected chi connectivity index (χ0v) is 12.0. The highest BCUT2D eigenvalue weighted by atomic mass is 19.4. The fourth-order valence-corrected chi connectivity index (χ4v) is 2.73. The van der Waals surface area contributed by atoms with Gasteiger partial charge in [-0.15, -0.1) is 0 Å². The lowest BCUT2D eigenvalue weighted by Gasteiger charge is -2.17. The fourth-order valence-electron chi connectivity index (χ4n) is 2.73. The second-order valence-electron chi connectivity index (χ2n) is 5.45. The Hall–Kier alpha value is -1.76. The number of ether oxygens (including phenoxy) is 1. The lowest BCUT2D eigenvalue weighted by Crippen LogP contribution is -2.29. The molecule has 1 aliphatic carbocycles. The molecule has 122 valence electrons. The number of alkyl halides is 3. The largest absolute Gasteiger partial charge is 0.484 e. The maximum absolute atomic E-state index is 12.2. The average molecular weight is 316 g/mol. The van der Waals surface area contributed by atoms with E-state index in [9.17, 15) is 18.0 Å². The van der Waals surface area contributed by atoms with E-state index in [0.29, 0.717) is 12.2 Å². The van der Waals surface area contributed by atoms with Gasteiger partial charge in [-0.25, -0.2) is 0 Å². The molecule has 22 heavy (non-hydrogen) atoms. The summed E-state index contributed by atoms with van der Waals surface area (Å²) in [6, 6.07) is 5.96. The highest BCUT2D eigenvalue weighted by Crippen LogP contribution is 2.32. The Bertz CT molecular complexity index is 520. The van der Waals surface area contributed by atoms with E-state index < -0.39 is 12.8 Å². The summed E-state index contributed by atoms with van der Waals surface area (Å²) in [4.78, 5) is 12.2. The lowest BCUT2D eigenvalue weighted by atomic mass is 9.95. The first kappa shape index (κ1) is 16.6. The average Bonchev–Trinajstić information content (AvgIpc) is 2.93. The first-order valence-electron chi connectivity index (χ1n) is 7.19. The first-order chi connectivity index (χ1) is 10.4. The van der Waals surface area contributed by atoms with Gasteiger partial charge in [0, 0.05) is 17.7 Å². The van der Waals surface area contributed by atoms with Gasteiger partial charge in [0.05, 0.1) is 0 Å². The van der Waals surface area contributed by atoms with Crippen molar-refractivity contribution in [2.45, 2.75) is 25.4 Å². The number of carbonyl (C=O) groups excluding carboxylic acids is 1. The molecule has 1 aliphatic rings. The minimum Gasteiger partial charge on any atom is -0.484 e. The summed E-state index contributed by atoms with van der Waals surface area (Å²) in [5, 5.41) is 2.73. The monoisotopic (exact) mass is 316 g/mol. The van der Waals surface area contributed by atoms with Gasteiger partial charge in [0.15, 0.2) is 6.61 Å². The third-order valence-electron chi connectivity index (χ3n) is 3.80. The van der Waals surface area contributed by atoms with E-state index in [4.69, 9.17) is 5.73 Å². The normalized spacial score (nSPS) is 21.6. The zero-order valence-electron chi connectivity index (χ0n) is 12.0. The molecule has 0 heterocycles. The van der Waals surface area contributed by atoms with E-state index in [0.717, 1.165) is 19.3 Å². The maximum atomic E-state index is 12.2. The van der Waals surface area contributed by atoms with Gasteiger partial charge in [-0.3, -0.25) is 4.79 Å². The third kappa shape index (κ3) is 4.62. The number of halogens is 3. The number of amides is 1. The minimum absolute atomic E-state index is 0.0666. The van der Waals surface area contributed by atoms with Crippen molar-refractivity contribution in [2.24, 2.45) is 17.6 Å². The molecule has 1 aromatic carbocycles. The van der Waals surface area contributed by atoms with Gasteiger partial charge in [0.1, 0.15) is 5.75 Å². The Labute approximate surface area is 126 Å². The third-order valence-corrected chi connectivity index (χ3v) is 3.80. The van der Waals surface area contributed by atoms with Gasteiger partial charge >= 0.3 is 6.18 Å². The highest BCUT2D eigenvalue weighted by molar-refractivity contribution is 5.93. The van der Waals surface area contributed by atoms with Crippen LogP contribution in [0, 0.1) is 11.8 Å². The fraction of sp³-hybridized carbons (Fsp3) is 0.533. The van der Waals surface area contributed by atoms with E-state index >= 15 is 0 Å². The van der Waals surface area contributed by atoms with Crippen LogP contribution in [0.3, 0.4) is 0 Å². The second-order valence-corrected chi connectivity index (χ2v) is 5.45. The van der Waals surface area contributed by atoms with E-state index in [2.05, 4.69) is 10.1 Å². The van der Waals surface area contributed by atoms with Crippen molar-refractivity contribution < 1.29 is 22.7 Å². The summed E-state index contributed by atoms with van der Waals surface area (Å²) in [5.74, 6) is -0.0349. The number of benzene rings is 1. The Morgan fingerprint density at radius 3 is 2.82 bits per heavy atom. The summed E-state index contributed by atoms with van der Waals surface area (Å²) in [6.45, 7) is -0.894. The van der Waals surface area contributed by atoms with Crippen molar-refractivity contribution in [1.29, 1.82) is 0 Å². The molecule has 0 spiro atoms. The van der Waals surface area contributed by atoms with Gasteiger partial charge in [0.2, 0.25) is 5.91 Å². The van der Waals surface area contributed by atoms with Crippen LogP contribution in [0.5, 0.6) is 5.75 Å². The summed E-state index contributed by atoms with van der Waals surface area (Å²) in [5.41, 5.74) is 6.08. The molecule has 1 aromatic rings. The number of carbonyl (C=O) groups is 1. The number of nitrogens with one attached hydrogen (secondary N) is 1. The molecule has 2 rings (SSSR count). The van der Waals surface area contributed by atoms with Crippen LogP contribution in [0.2, 0.25) is 0 Å². The number of anilines is 1. The Kier molecular flexibility index (Phi) is 5.28. The quantitative estimate of drug-likeness (QED) is 0.878. The van der Waals surface area contributed by atoms with Gasteiger partial charge in [-0.1, -0.05) is 12.5 Å². The smallest absolute Gasteiger partial charge is 0.422 e. The molecule has 7 heteroatoms. The first-order valence-corrected chi connectivity index (χ1v) is 7.19. The molecule has 0 unspecified atom stereocenters. The predicted octanol–water partition coefficient (Wildman–Crippen LogP) is 2.94. The van der Waals surface area contributed by atoms with Crippen LogP contribution in [0.1, 0.15) is 19.3 Å². The van der Waals surface area contributed by atoms with Crippen LogP contribution in [-0.4, -0.2) is 25.2 Å². The molecule has 0 aliphatic heterocycles. The summed E-state index contributed by atoms with van der Waals surface area (Å²) in [6.07, 6.45) is -1.70. The Balaban J connectivity index is 1.96. The number of rotatable bonds is 5. The van der Waals surface area contributed by atoms with Gasteiger partial charge in [0.25, 0.3) is 0 Å². The molecule has 4 nitrogen and oxygen atoms in total. The van der Waals surface area contributed by atoms with Crippen LogP contribution in [0.4, 0.5) is 18.9 Å². The molecular weight excluding hydrogens is 297 g/mol. The van der Waals surface area contributed by atoms with Crippen molar-refractivity contribution in [3.8, 4) is 5.75 Å². The maximum Gasteiger partial charge on any atom is 0.422 e. The van der Waals surface area contributed by atoms with Crippen molar-refractivity contribution in [1.82, 2.24) is 0 Å². The van der Waals surface area contributed by atoms with E-state index in [-0.39, 0.29) is 23.5 Å². The van der Waals surface area contributed by atoms with Gasteiger partial charge in [-0.05, 0) is 37.4 Å². The Morgan fingerprint density at radius 2 is 2.14 bits per heavy atom. The van der Waals surface area contributed by atoms with Crippen LogP contribution >= 0.6 is 0 Å². The van der Waals surface area contributed by atoms with Gasteiger partial charge in [-0.2, -0.15) is 13.2 Å². The molecule has 0 aromatic heterocycles. The van der Waals surface area contributed by atoms with Crippen LogP contribution < -0.4 is 15.8 Å². The van der Waals surface area contributed by atoms with Crippen LogP contribution in [0.15, 0.2) is 24.3 Å². The number of hydrogen-bond donors (Lipinski definition) is 2. The van der Waals surface area contributed by atoms with E-state index in [1.165, 1.54) is 18.2 Å². The number of hydrogen-bond acceptors (Lipinski definition) is 3. The summed E-state index contributed by atoms with van der Waals surface area (Å²) in [7, 11) is 0. The topological polar surface area (TPSA) is 64.4 Å². The molecule has 1 saturated carbocycles. The molecular formula is C15H19F3N2O2. The molecule has 0 saturated heterocycles. The van der Waals surface area contributed by atoms with Crippen molar-refractivity contribution >= 4 is 11.6 Å². The SMILES string of the molecule is NC[C@H]1CCC[C@H]1C(=O)Nc1cccc(OCC(F)(F)F)c1. The van der Waals surface area contributed by atoms with Crippen molar-refractivity contribution in [3.63, 3.8) is 0 Å². The molecule has 3 N–H and O–H groups in total. The molecule has 0 bridgehead atoms. The highest BCUT2D eigenvalue weighted by Gasteiger charge is 2.32. The molecule has 0 radical (unpaired) electrons. The second kappa shape index (κ2) is 7.00. The minimum atomic E-state index is -4.39. The summed E-state index contributed by atoms with van der Waals surface area (Å²) >= 11 is 0. The van der Waals surface area contributed by atoms with E-state index in [1.54, 1.807) is 6.07 Å². The standard InChI is InChI=1S/C15H19F3N2O2/c16-15(17,18)9-22-12-5-2-4-11(7-12)20-14(21)13-6-1-3-10(13)8-19/h2,4-5,7,10,13H,1,3,6,8-9,19H2,(H,20,21)/t10-,13-/m1/s1. The van der Waals surface area contributed by atoms with Crippen LogP contribution in [0.25, 0.3) is 0 Å². The van der Waals surface area contributed by atoms with Crippen LogP contribution in [-0.2, 0) is 4.79 Å². The number of nitrogens with two attached hydrogens (primary N) is 1. The summed E-state index contributed by atoms with van der Waals surface area (Å²) < 4.78 is 41.1. The zero-order chi connectivity index (χ0) is 16.2. The molecule has 1 fully saturated rings.